The minimum atomic E-state index is -1.01. The van der Waals surface area contributed by atoms with Crippen LogP contribution in [-0.4, -0.2) is 29.7 Å². The molecule has 5 heteroatoms. The zero-order valence-electron chi connectivity index (χ0n) is 11.9. The largest absolute Gasteiger partial charge is 0.496 e. The van der Waals surface area contributed by atoms with Crippen LogP contribution in [0, 0.1) is 0 Å². The molecule has 1 aromatic heterocycles. The van der Waals surface area contributed by atoms with Crippen LogP contribution in [0.3, 0.4) is 0 Å². The Labute approximate surface area is 123 Å². The summed E-state index contributed by atoms with van der Waals surface area (Å²) in [6.07, 6.45) is 0.836. The maximum Gasteiger partial charge on any atom is 0.354 e. The predicted octanol–water partition coefficient (Wildman–Crippen LogP) is 2.12. The van der Waals surface area contributed by atoms with E-state index in [1.165, 1.54) is 6.07 Å². The van der Waals surface area contributed by atoms with Crippen molar-refractivity contribution < 1.29 is 14.6 Å². The number of para-hydroxylation sites is 1. The molecule has 0 aliphatic heterocycles. The van der Waals surface area contributed by atoms with Gasteiger partial charge in [-0.1, -0.05) is 24.3 Å². The van der Waals surface area contributed by atoms with Gasteiger partial charge in [0.2, 0.25) is 0 Å². The average molecular weight is 286 g/mol. The Bertz CT molecular complexity index is 614. The number of hydrogen-bond acceptors (Lipinski definition) is 4. The van der Waals surface area contributed by atoms with Crippen molar-refractivity contribution in [3.63, 3.8) is 0 Å². The van der Waals surface area contributed by atoms with E-state index in [0.717, 1.165) is 30.0 Å². The summed E-state index contributed by atoms with van der Waals surface area (Å²) in [6.45, 7) is 1.30. The maximum atomic E-state index is 10.8. The smallest absolute Gasteiger partial charge is 0.354 e. The fraction of sp³-hybridized carbons (Fsp3) is 0.250. The van der Waals surface area contributed by atoms with Crippen molar-refractivity contribution in [1.82, 2.24) is 10.3 Å². The third-order valence-electron chi connectivity index (χ3n) is 3.10. The Morgan fingerprint density at radius 3 is 2.81 bits per heavy atom. The van der Waals surface area contributed by atoms with Crippen molar-refractivity contribution in [2.75, 3.05) is 13.7 Å². The number of nitrogens with one attached hydrogen (secondary N) is 1. The lowest BCUT2D eigenvalue weighted by molar-refractivity contribution is 0.0690. The third kappa shape index (κ3) is 4.29. The van der Waals surface area contributed by atoms with Crippen molar-refractivity contribution in [3.8, 4) is 5.75 Å². The summed E-state index contributed by atoms with van der Waals surface area (Å²) in [6, 6.07) is 12.9. The highest BCUT2D eigenvalue weighted by Crippen LogP contribution is 2.17. The van der Waals surface area contributed by atoms with Crippen LogP contribution in [0.15, 0.2) is 42.5 Å². The minimum absolute atomic E-state index is 0.0685. The number of carboxylic acids is 1. The van der Waals surface area contributed by atoms with Crippen molar-refractivity contribution >= 4 is 5.97 Å². The minimum Gasteiger partial charge on any atom is -0.496 e. The first-order valence-corrected chi connectivity index (χ1v) is 6.72. The SMILES string of the molecule is COc1ccccc1CCNCc1cccc(C(=O)O)n1. The van der Waals surface area contributed by atoms with Gasteiger partial charge in [-0.25, -0.2) is 9.78 Å². The van der Waals surface area contributed by atoms with Crippen LogP contribution in [0.2, 0.25) is 0 Å². The normalized spacial score (nSPS) is 10.3. The number of carboxylic acid groups (broad SMARTS) is 1. The standard InChI is InChI=1S/C16H18N2O3/c1-21-15-8-3-2-5-12(15)9-10-17-11-13-6-4-7-14(18-13)16(19)20/h2-8,17H,9-11H2,1H3,(H,19,20). The topological polar surface area (TPSA) is 71.5 Å². The van der Waals surface area contributed by atoms with E-state index in [1.807, 2.05) is 30.3 Å². The predicted molar refractivity (Wildman–Crippen MR) is 79.6 cm³/mol. The second kappa shape index (κ2) is 7.40. The molecule has 0 atom stereocenters. The Kier molecular flexibility index (Phi) is 5.29. The van der Waals surface area contributed by atoms with E-state index in [4.69, 9.17) is 9.84 Å². The zero-order valence-corrected chi connectivity index (χ0v) is 11.9. The first-order chi connectivity index (χ1) is 10.2. The number of ether oxygens (including phenoxy) is 1. The summed E-state index contributed by atoms with van der Waals surface area (Å²) in [4.78, 5) is 14.9. The molecule has 1 heterocycles. The monoisotopic (exact) mass is 286 g/mol. The number of aromatic nitrogens is 1. The molecule has 5 nitrogen and oxygen atoms in total. The molecule has 0 radical (unpaired) electrons. The summed E-state index contributed by atoms with van der Waals surface area (Å²) in [7, 11) is 1.66. The quantitative estimate of drug-likeness (QED) is 0.763. The molecular formula is C16H18N2O3. The van der Waals surface area contributed by atoms with Gasteiger partial charge in [0.1, 0.15) is 11.4 Å². The first kappa shape index (κ1) is 15.0. The molecule has 2 aromatic rings. The van der Waals surface area contributed by atoms with Crippen LogP contribution in [-0.2, 0) is 13.0 Å². The van der Waals surface area contributed by atoms with Crippen LogP contribution in [0.4, 0.5) is 0 Å². The lowest BCUT2D eigenvalue weighted by Crippen LogP contribution is -2.18. The number of hydrogen-bond donors (Lipinski definition) is 2. The second-order valence-corrected chi connectivity index (χ2v) is 4.56. The highest BCUT2D eigenvalue weighted by Gasteiger charge is 2.05. The summed E-state index contributed by atoms with van der Waals surface area (Å²) in [5.41, 5.74) is 1.92. The summed E-state index contributed by atoms with van der Waals surface area (Å²) in [5, 5.41) is 12.1. The van der Waals surface area contributed by atoms with Gasteiger partial charge in [-0.05, 0) is 36.7 Å². The van der Waals surface area contributed by atoms with Gasteiger partial charge in [0.05, 0.1) is 12.8 Å². The molecule has 0 saturated carbocycles. The molecule has 110 valence electrons. The summed E-state index contributed by atoms with van der Waals surface area (Å²) >= 11 is 0. The van der Waals surface area contributed by atoms with Gasteiger partial charge in [0, 0.05) is 6.54 Å². The zero-order chi connectivity index (χ0) is 15.1. The number of benzene rings is 1. The van der Waals surface area contributed by atoms with E-state index >= 15 is 0 Å². The number of methoxy groups -OCH3 is 1. The Morgan fingerprint density at radius 1 is 1.24 bits per heavy atom. The highest BCUT2D eigenvalue weighted by molar-refractivity contribution is 5.85. The molecule has 0 unspecified atom stereocenters. The van der Waals surface area contributed by atoms with Gasteiger partial charge in [-0.2, -0.15) is 0 Å². The van der Waals surface area contributed by atoms with Gasteiger partial charge in [-0.15, -0.1) is 0 Å². The van der Waals surface area contributed by atoms with E-state index in [-0.39, 0.29) is 5.69 Å². The Morgan fingerprint density at radius 2 is 2.05 bits per heavy atom. The third-order valence-corrected chi connectivity index (χ3v) is 3.10. The van der Waals surface area contributed by atoms with Crippen LogP contribution in [0.5, 0.6) is 5.75 Å². The van der Waals surface area contributed by atoms with Gasteiger partial charge in [0.25, 0.3) is 0 Å². The van der Waals surface area contributed by atoms with Crippen molar-refractivity contribution in [2.24, 2.45) is 0 Å². The fourth-order valence-corrected chi connectivity index (χ4v) is 2.05. The molecule has 2 rings (SSSR count). The van der Waals surface area contributed by atoms with E-state index in [9.17, 15) is 4.79 Å². The molecule has 0 amide bonds. The van der Waals surface area contributed by atoms with Crippen LogP contribution in [0.25, 0.3) is 0 Å². The lowest BCUT2D eigenvalue weighted by atomic mass is 10.1. The van der Waals surface area contributed by atoms with Gasteiger partial charge in [-0.3, -0.25) is 0 Å². The van der Waals surface area contributed by atoms with Crippen molar-refractivity contribution in [3.05, 3.63) is 59.4 Å². The van der Waals surface area contributed by atoms with E-state index in [0.29, 0.717) is 6.54 Å². The Hall–Kier alpha value is -2.40. The molecule has 21 heavy (non-hydrogen) atoms. The molecule has 0 aliphatic rings. The maximum absolute atomic E-state index is 10.8. The molecule has 0 bridgehead atoms. The lowest BCUT2D eigenvalue weighted by Gasteiger charge is -2.09. The highest BCUT2D eigenvalue weighted by atomic mass is 16.5. The number of nitrogens with zero attached hydrogens (tertiary/aromatic N) is 1. The number of aromatic carboxylic acids is 1. The Balaban J connectivity index is 1.85. The molecular weight excluding hydrogens is 268 g/mol. The molecule has 0 fully saturated rings. The molecule has 0 spiro atoms. The molecule has 2 N–H and O–H groups in total. The number of rotatable bonds is 7. The van der Waals surface area contributed by atoms with Gasteiger partial charge in [0.15, 0.2) is 0 Å². The first-order valence-electron chi connectivity index (χ1n) is 6.72. The van der Waals surface area contributed by atoms with E-state index in [1.54, 1.807) is 13.2 Å². The van der Waals surface area contributed by atoms with Crippen LogP contribution < -0.4 is 10.1 Å². The molecule has 1 aromatic carbocycles. The molecule has 0 saturated heterocycles. The van der Waals surface area contributed by atoms with Crippen molar-refractivity contribution in [2.45, 2.75) is 13.0 Å². The van der Waals surface area contributed by atoms with E-state index < -0.39 is 5.97 Å². The second-order valence-electron chi connectivity index (χ2n) is 4.56. The fourth-order valence-electron chi connectivity index (χ4n) is 2.05. The molecule has 0 aliphatic carbocycles. The van der Waals surface area contributed by atoms with Crippen molar-refractivity contribution in [1.29, 1.82) is 0 Å². The van der Waals surface area contributed by atoms with Gasteiger partial charge < -0.3 is 15.2 Å². The van der Waals surface area contributed by atoms with Crippen LogP contribution in [0.1, 0.15) is 21.7 Å². The average Bonchev–Trinajstić information content (AvgIpc) is 2.52. The summed E-state index contributed by atoms with van der Waals surface area (Å²) in [5.74, 6) is -0.129. The van der Waals surface area contributed by atoms with Gasteiger partial charge >= 0.3 is 5.97 Å². The number of pyridine rings is 1. The van der Waals surface area contributed by atoms with Crippen LogP contribution >= 0.6 is 0 Å². The number of carbonyl (C=O) groups is 1. The van der Waals surface area contributed by atoms with E-state index in [2.05, 4.69) is 10.3 Å². The summed E-state index contributed by atoms with van der Waals surface area (Å²) < 4.78 is 5.30.